The summed E-state index contributed by atoms with van der Waals surface area (Å²) in [4.78, 5) is 9.95. The van der Waals surface area contributed by atoms with Crippen LogP contribution in [-0.4, -0.2) is 24.1 Å². The molecule has 2 aromatic rings. The fraction of sp³-hybridized carbons (Fsp3) is 0.231. The molecule has 0 radical (unpaired) electrons. The van der Waals surface area contributed by atoms with Gasteiger partial charge in [-0.25, -0.2) is 4.98 Å². The Bertz CT molecular complexity index is 601. The van der Waals surface area contributed by atoms with Gasteiger partial charge in [0.2, 0.25) is 5.88 Å². The van der Waals surface area contributed by atoms with Gasteiger partial charge >= 0.3 is 0 Å². The van der Waals surface area contributed by atoms with Crippen LogP contribution in [0.25, 0.3) is 0 Å². The molecular weight excluding hydrogens is 264 g/mol. The maximum atomic E-state index is 5.98. The van der Waals surface area contributed by atoms with Crippen LogP contribution in [0.15, 0.2) is 24.5 Å². The second kappa shape index (κ2) is 5.32. The minimum Gasteiger partial charge on any atom is -0.437 e. The number of benzene rings is 1. The van der Waals surface area contributed by atoms with Crippen LogP contribution >= 0.6 is 11.6 Å². The number of nitrogen functional groups attached to an aromatic ring is 1. The molecular formula is C13H15ClN4O. The molecule has 1 aromatic heterocycles. The molecule has 0 spiro atoms. The van der Waals surface area contributed by atoms with Gasteiger partial charge in [0.05, 0.1) is 0 Å². The molecule has 0 amide bonds. The third-order valence-corrected chi connectivity index (χ3v) is 3.02. The highest BCUT2D eigenvalue weighted by Gasteiger charge is 2.12. The Morgan fingerprint density at radius 3 is 2.63 bits per heavy atom. The molecule has 0 saturated heterocycles. The van der Waals surface area contributed by atoms with Crippen LogP contribution in [0, 0.1) is 6.92 Å². The fourth-order valence-electron chi connectivity index (χ4n) is 1.60. The number of hydrogen-bond donors (Lipinski definition) is 1. The minimum atomic E-state index is 0.334. The summed E-state index contributed by atoms with van der Waals surface area (Å²) in [6, 6.07) is 5.38. The monoisotopic (exact) mass is 278 g/mol. The van der Waals surface area contributed by atoms with Crippen molar-refractivity contribution in [2.45, 2.75) is 6.92 Å². The van der Waals surface area contributed by atoms with Crippen molar-refractivity contribution in [3.05, 3.63) is 35.1 Å². The van der Waals surface area contributed by atoms with Gasteiger partial charge in [-0.1, -0.05) is 11.6 Å². The lowest BCUT2D eigenvalue weighted by Crippen LogP contribution is -2.14. The fourth-order valence-corrected chi connectivity index (χ4v) is 1.72. The Morgan fingerprint density at radius 1 is 1.26 bits per heavy atom. The van der Waals surface area contributed by atoms with Crippen LogP contribution in [0.2, 0.25) is 5.02 Å². The van der Waals surface area contributed by atoms with E-state index in [1.165, 1.54) is 6.33 Å². The van der Waals surface area contributed by atoms with Crippen molar-refractivity contribution in [2.24, 2.45) is 0 Å². The molecule has 19 heavy (non-hydrogen) atoms. The van der Waals surface area contributed by atoms with E-state index >= 15 is 0 Å². The van der Waals surface area contributed by atoms with Crippen LogP contribution in [0.1, 0.15) is 5.56 Å². The Kier molecular flexibility index (Phi) is 3.76. The number of nitrogens with two attached hydrogens (primary N) is 1. The Balaban J connectivity index is 2.33. The summed E-state index contributed by atoms with van der Waals surface area (Å²) in [6.45, 7) is 1.91. The molecule has 5 nitrogen and oxygen atoms in total. The zero-order valence-electron chi connectivity index (χ0n) is 11.0. The second-order valence-electron chi connectivity index (χ2n) is 4.32. The van der Waals surface area contributed by atoms with E-state index in [1.807, 2.05) is 27.1 Å². The van der Waals surface area contributed by atoms with Crippen molar-refractivity contribution in [2.75, 3.05) is 24.7 Å². The van der Waals surface area contributed by atoms with Gasteiger partial charge in [-0.05, 0) is 30.7 Å². The predicted octanol–water partition coefficient (Wildman–Crippen LogP) is 2.88. The molecule has 2 N–H and O–H groups in total. The zero-order valence-corrected chi connectivity index (χ0v) is 11.8. The lowest BCUT2D eigenvalue weighted by Gasteiger charge is -2.15. The van der Waals surface area contributed by atoms with Gasteiger partial charge in [-0.15, -0.1) is 0 Å². The minimum absolute atomic E-state index is 0.334. The highest BCUT2D eigenvalue weighted by molar-refractivity contribution is 6.31. The van der Waals surface area contributed by atoms with Crippen molar-refractivity contribution in [3.8, 4) is 11.6 Å². The average Bonchev–Trinajstić information content (AvgIpc) is 2.36. The SMILES string of the molecule is Cc1cc(Oc2ncnc(N(C)C)c2N)ccc1Cl. The largest absolute Gasteiger partial charge is 0.437 e. The zero-order chi connectivity index (χ0) is 14.0. The normalized spacial score (nSPS) is 10.3. The number of ether oxygens (including phenoxy) is 1. The number of anilines is 2. The van der Waals surface area contributed by atoms with Crippen molar-refractivity contribution in [3.63, 3.8) is 0 Å². The van der Waals surface area contributed by atoms with Crippen LogP contribution in [0.5, 0.6) is 11.6 Å². The van der Waals surface area contributed by atoms with Gasteiger partial charge < -0.3 is 15.4 Å². The molecule has 0 fully saturated rings. The molecule has 6 heteroatoms. The van der Waals surface area contributed by atoms with E-state index in [4.69, 9.17) is 22.1 Å². The molecule has 1 heterocycles. The van der Waals surface area contributed by atoms with E-state index in [0.29, 0.717) is 28.2 Å². The summed E-state index contributed by atoms with van der Waals surface area (Å²) >= 11 is 5.97. The maximum absolute atomic E-state index is 5.98. The first-order valence-electron chi connectivity index (χ1n) is 5.71. The first-order valence-corrected chi connectivity index (χ1v) is 6.08. The van der Waals surface area contributed by atoms with E-state index in [2.05, 4.69) is 9.97 Å². The molecule has 100 valence electrons. The number of halogens is 1. The lowest BCUT2D eigenvalue weighted by molar-refractivity contribution is 0.464. The van der Waals surface area contributed by atoms with Crippen LogP contribution in [0.3, 0.4) is 0 Å². The van der Waals surface area contributed by atoms with E-state index in [1.54, 1.807) is 17.0 Å². The van der Waals surface area contributed by atoms with E-state index in [-0.39, 0.29) is 0 Å². The number of hydrogen-bond acceptors (Lipinski definition) is 5. The van der Waals surface area contributed by atoms with E-state index in [9.17, 15) is 0 Å². The summed E-state index contributed by atoms with van der Waals surface area (Å²) in [5.74, 6) is 1.59. The number of aryl methyl sites for hydroxylation is 1. The van der Waals surface area contributed by atoms with Crippen LogP contribution < -0.4 is 15.4 Å². The van der Waals surface area contributed by atoms with Gasteiger partial charge in [-0.2, -0.15) is 4.98 Å². The van der Waals surface area contributed by atoms with Crippen LogP contribution in [-0.2, 0) is 0 Å². The molecule has 1 aromatic carbocycles. The molecule has 0 aliphatic heterocycles. The molecule has 2 rings (SSSR count). The topological polar surface area (TPSA) is 64.3 Å². The highest BCUT2D eigenvalue weighted by Crippen LogP contribution is 2.31. The van der Waals surface area contributed by atoms with E-state index in [0.717, 1.165) is 5.56 Å². The Labute approximate surface area is 117 Å². The van der Waals surface area contributed by atoms with Crippen molar-refractivity contribution < 1.29 is 4.74 Å². The third kappa shape index (κ3) is 2.88. The smallest absolute Gasteiger partial charge is 0.248 e. The highest BCUT2D eigenvalue weighted by atomic mass is 35.5. The molecule has 0 unspecified atom stereocenters. The predicted molar refractivity (Wildman–Crippen MR) is 77.0 cm³/mol. The summed E-state index contributed by atoms with van der Waals surface area (Å²) in [6.07, 6.45) is 1.42. The lowest BCUT2D eigenvalue weighted by atomic mass is 10.2. The molecule has 0 saturated carbocycles. The Hall–Kier alpha value is -2.01. The van der Waals surface area contributed by atoms with Gasteiger partial charge in [0.25, 0.3) is 0 Å². The van der Waals surface area contributed by atoms with Gasteiger partial charge in [0.1, 0.15) is 17.8 Å². The molecule has 0 aliphatic carbocycles. The summed E-state index contributed by atoms with van der Waals surface area (Å²) in [5, 5.41) is 0.692. The summed E-state index contributed by atoms with van der Waals surface area (Å²) < 4.78 is 5.67. The summed E-state index contributed by atoms with van der Waals surface area (Å²) in [7, 11) is 3.71. The van der Waals surface area contributed by atoms with Crippen molar-refractivity contribution in [1.82, 2.24) is 9.97 Å². The number of nitrogens with zero attached hydrogens (tertiary/aromatic N) is 3. The molecule has 0 bridgehead atoms. The second-order valence-corrected chi connectivity index (χ2v) is 4.73. The van der Waals surface area contributed by atoms with Crippen molar-refractivity contribution >= 4 is 23.1 Å². The van der Waals surface area contributed by atoms with Crippen molar-refractivity contribution in [1.29, 1.82) is 0 Å². The average molecular weight is 279 g/mol. The summed E-state index contributed by atoms with van der Waals surface area (Å²) in [5.41, 5.74) is 7.32. The third-order valence-electron chi connectivity index (χ3n) is 2.59. The number of aromatic nitrogens is 2. The first-order chi connectivity index (χ1) is 8.99. The van der Waals surface area contributed by atoms with E-state index < -0.39 is 0 Å². The number of rotatable bonds is 3. The Morgan fingerprint density at radius 2 is 2.00 bits per heavy atom. The molecule has 0 aliphatic rings. The van der Waals surface area contributed by atoms with Crippen LogP contribution in [0.4, 0.5) is 11.5 Å². The maximum Gasteiger partial charge on any atom is 0.248 e. The van der Waals surface area contributed by atoms with Gasteiger partial charge in [-0.3, -0.25) is 0 Å². The van der Waals surface area contributed by atoms with Gasteiger partial charge in [0, 0.05) is 19.1 Å². The molecule has 0 atom stereocenters. The first kappa shape index (κ1) is 13.4. The standard InChI is InChI=1S/C13H15ClN4O/c1-8-6-9(4-5-10(8)14)19-13-11(15)12(18(2)3)16-7-17-13/h4-7H,15H2,1-3H3. The quantitative estimate of drug-likeness (QED) is 0.935. The van der Waals surface area contributed by atoms with Gasteiger partial charge in [0.15, 0.2) is 5.82 Å².